The minimum absolute atomic E-state index is 0.0328. The quantitative estimate of drug-likeness (QED) is 0.623. The molecule has 0 saturated heterocycles. The standard InChI is InChI=1S/C25H29N3O4/c29-21(26-15-14-22(30)27-18-9-2-1-3-10-18)13-6-16-28-24(31)19-11-4-7-17-8-5-12-20(23(17)19)25(28)32/h4-5,7-8,11-12,18H,1-3,6,9-10,13-16H2,(H,26,29)(H,27,30). The summed E-state index contributed by atoms with van der Waals surface area (Å²) in [6.45, 7) is 0.465. The Morgan fingerprint density at radius 1 is 0.875 bits per heavy atom. The van der Waals surface area contributed by atoms with E-state index in [1.54, 1.807) is 12.1 Å². The van der Waals surface area contributed by atoms with Gasteiger partial charge in [0.05, 0.1) is 0 Å². The molecule has 1 aliphatic heterocycles. The molecular weight excluding hydrogens is 406 g/mol. The number of carbonyl (C=O) groups excluding carboxylic acids is 4. The largest absolute Gasteiger partial charge is 0.356 e. The van der Waals surface area contributed by atoms with Crippen LogP contribution in [-0.4, -0.2) is 47.7 Å². The fourth-order valence-corrected chi connectivity index (χ4v) is 4.63. The van der Waals surface area contributed by atoms with Crippen molar-refractivity contribution in [1.29, 1.82) is 0 Å². The fraction of sp³-hybridized carbons (Fsp3) is 0.440. The second kappa shape index (κ2) is 9.94. The smallest absolute Gasteiger partial charge is 0.261 e. The molecule has 0 atom stereocenters. The lowest BCUT2D eigenvalue weighted by Gasteiger charge is -2.27. The molecule has 2 aromatic carbocycles. The van der Waals surface area contributed by atoms with Gasteiger partial charge in [-0.05, 0) is 36.8 Å². The Labute approximate surface area is 187 Å². The molecule has 2 aliphatic rings. The van der Waals surface area contributed by atoms with E-state index in [9.17, 15) is 19.2 Å². The first-order chi connectivity index (χ1) is 15.5. The van der Waals surface area contributed by atoms with E-state index in [1.165, 1.54) is 11.3 Å². The van der Waals surface area contributed by atoms with Gasteiger partial charge in [-0.1, -0.05) is 43.5 Å². The van der Waals surface area contributed by atoms with Gasteiger partial charge in [0.25, 0.3) is 11.8 Å². The molecule has 4 amide bonds. The first-order valence-electron chi connectivity index (χ1n) is 11.5. The Morgan fingerprint density at radius 2 is 1.53 bits per heavy atom. The number of rotatable bonds is 8. The van der Waals surface area contributed by atoms with Crippen LogP contribution in [0, 0.1) is 0 Å². The molecule has 1 aliphatic carbocycles. The Kier molecular flexibility index (Phi) is 6.83. The average Bonchev–Trinajstić information content (AvgIpc) is 2.80. The predicted octanol–water partition coefficient (Wildman–Crippen LogP) is 3.17. The third-order valence-electron chi connectivity index (χ3n) is 6.29. The van der Waals surface area contributed by atoms with Gasteiger partial charge in [-0.3, -0.25) is 24.1 Å². The molecule has 0 aromatic heterocycles. The van der Waals surface area contributed by atoms with E-state index < -0.39 is 0 Å². The Bertz CT molecular complexity index is 992. The van der Waals surface area contributed by atoms with Crippen LogP contribution in [0.3, 0.4) is 0 Å². The van der Waals surface area contributed by atoms with Crippen molar-refractivity contribution < 1.29 is 19.2 Å². The molecule has 168 valence electrons. The lowest BCUT2D eigenvalue weighted by atomic mass is 9.94. The molecule has 0 unspecified atom stereocenters. The van der Waals surface area contributed by atoms with Gasteiger partial charge in [0.15, 0.2) is 0 Å². The second-order valence-electron chi connectivity index (χ2n) is 8.58. The number of hydrogen-bond donors (Lipinski definition) is 2. The van der Waals surface area contributed by atoms with Crippen molar-refractivity contribution in [2.24, 2.45) is 0 Å². The number of amides is 4. The maximum atomic E-state index is 12.9. The summed E-state index contributed by atoms with van der Waals surface area (Å²) in [5.74, 6) is -0.859. The van der Waals surface area contributed by atoms with Gasteiger partial charge in [0.2, 0.25) is 11.8 Å². The van der Waals surface area contributed by atoms with Gasteiger partial charge >= 0.3 is 0 Å². The van der Waals surface area contributed by atoms with Crippen molar-refractivity contribution >= 4 is 34.4 Å². The van der Waals surface area contributed by atoms with E-state index in [0.717, 1.165) is 31.1 Å². The minimum atomic E-state index is -0.320. The molecular formula is C25H29N3O4. The van der Waals surface area contributed by atoms with E-state index in [4.69, 9.17) is 0 Å². The molecule has 1 fully saturated rings. The first kappa shape index (κ1) is 22.0. The van der Waals surface area contributed by atoms with E-state index in [0.29, 0.717) is 22.9 Å². The number of carbonyl (C=O) groups is 4. The van der Waals surface area contributed by atoms with Gasteiger partial charge in [0, 0.05) is 48.5 Å². The highest BCUT2D eigenvalue weighted by molar-refractivity contribution is 6.25. The summed E-state index contributed by atoms with van der Waals surface area (Å²) >= 11 is 0. The van der Waals surface area contributed by atoms with Crippen molar-refractivity contribution in [1.82, 2.24) is 15.5 Å². The average molecular weight is 436 g/mol. The molecule has 1 heterocycles. The van der Waals surface area contributed by atoms with Crippen LogP contribution in [0.2, 0.25) is 0 Å². The zero-order valence-corrected chi connectivity index (χ0v) is 18.2. The summed E-state index contributed by atoms with van der Waals surface area (Å²) in [5.41, 5.74) is 1.04. The fourth-order valence-electron chi connectivity index (χ4n) is 4.63. The number of nitrogens with zero attached hydrogens (tertiary/aromatic N) is 1. The van der Waals surface area contributed by atoms with Crippen molar-refractivity contribution in [2.75, 3.05) is 13.1 Å². The van der Waals surface area contributed by atoms with E-state index >= 15 is 0 Å². The molecule has 4 rings (SSSR count). The monoisotopic (exact) mass is 435 g/mol. The van der Waals surface area contributed by atoms with Gasteiger partial charge in [-0.15, -0.1) is 0 Å². The van der Waals surface area contributed by atoms with Gasteiger partial charge in [0.1, 0.15) is 0 Å². The molecule has 0 bridgehead atoms. The van der Waals surface area contributed by atoms with Crippen LogP contribution in [-0.2, 0) is 9.59 Å². The summed E-state index contributed by atoms with van der Waals surface area (Å²) < 4.78 is 0. The van der Waals surface area contributed by atoms with Gasteiger partial charge < -0.3 is 10.6 Å². The lowest BCUT2D eigenvalue weighted by Crippen LogP contribution is -2.41. The molecule has 0 spiro atoms. The lowest BCUT2D eigenvalue weighted by molar-refractivity contribution is -0.122. The van der Waals surface area contributed by atoms with Crippen molar-refractivity contribution in [3.05, 3.63) is 47.5 Å². The summed E-state index contributed by atoms with van der Waals surface area (Å²) in [7, 11) is 0. The normalized spacial score (nSPS) is 16.3. The summed E-state index contributed by atoms with van der Waals surface area (Å²) in [5, 5.41) is 7.36. The minimum Gasteiger partial charge on any atom is -0.356 e. The first-order valence-corrected chi connectivity index (χ1v) is 11.5. The van der Waals surface area contributed by atoms with Crippen LogP contribution in [0.25, 0.3) is 10.8 Å². The Hall–Kier alpha value is -3.22. The third-order valence-corrected chi connectivity index (χ3v) is 6.29. The number of benzene rings is 2. The third kappa shape index (κ3) is 4.82. The number of nitrogens with one attached hydrogen (secondary N) is 2. The second-order valence-corrected chi connectivity index (χ2v) is 8.58. The van der Waals surface area contributed by atoms with Crippen molar-refractivity contribution in [2.45, 2.75) is 57.4 Å². The van der Waals surface area contributed by atoms with Crippen molar-refractivity contribution in [3.8, 4) is 0 Å². The maximum absolute atomic E-state index is 12.9. The summed E-state index contributed by atoms with van der Waals surface area (Å²) in [6, 6.07) is 11.1. The molecule has 7 nitrogen and oxygen atoms in total. The van der Waals surface area contributed by atoms with Crippen molar-refractivity contribution in [3.63, 3.8) is 0 Å². The molecule has 2 N–H and O–H groups in total. The SMILES string of the molecule is O=C(CCCN1C(=O)c2cccc3cccc(c23)C1=O)NCCC(=O)NC1CCCCC1. The van der Waals surface area contributed by atoms with Gasteiger partial charge in [-0.25, -0.2) is 0 Å². The molecule has 32 heavy (non-hydrogen) atoms. The van der Waals surface area contributed by atoms with Gasteiger partial charge in [-0.2, -0.15) is 0 Å². The van der Waals surface area contributed by atoms with Crippen LogP contribution in [0.1, 0.15) is 72.1 Å². The van der Waals surface area contributed by atoms with E-state index in [2.05, 4.69) is 10.6 Å². The van der Waals surface area contributed by atoms with Crippen LogP contribution in [0.5, 0.6) is 0 Å². The summed E-state index contributed by atoms with van der Waals surface area (Å²) in [4.78, 5) is 51.1. The highest BCUT2D eigenvalue weighted by Gasteiger charge is 2.32. The Morgan fingerprint density at radius 3 is 2.19 bits per heavy atom. The highest BCUT2D eigenvalue weighted by Crippen LogP contribution is 2.30. The molecule has 1 saturated carbocycles. The maximum Gasteiger partial charge on any atom is 0.261 e. The number of imide groups is 1. The summed E-state index contributed by atoms with van der Waals surface area (Å²) in [6.07, 6.45) is 6.43. The zero-order chi connectivity index (χ0) is 22.5. The predicted molar refractivity (Wildman–Crippen MR) is 121 cm³/mol. The Balaban J connectivity index is 1.22. The molecule has 0 radical (unpaired) electrons. The topological polar surface area (TPSA) is 95.6 Å². The highest BCUT2D eigenvalue weighted by atomic mass is 16.2. The molecule has 2 aromatic rings. The van der Waals surface area contributed by atoms with E-state index in [1.807, 2.05) is 24.3 Å². The van der Waals surface area contributed by atoms with Crippen LogP contribution in [0.15, 0.2) is 36.4 Å². The zero-order valence-electron chi connectivity index (χ0n) is 18.2. The van der Waals surface area contributed by atoms with Crippen LogP contribution >= 0.6 is 0 Å². The van der Waals surface area contributed by atoms with Crippen LogP contribution in [0.4, 0.5) is 0 Å². The molecule has 7 heteroatoms. The number of hydrogen-bond acceptors (Lipinski definition) is 4. The van der Waals surface area contributed by atoms with E-state index in [-0.39, 0.29) is 55.6 Å². The van der Waals surface area contributed by atoms with Crippen LogP contribution < -0.4 is 10.6 Å².